The van der Waals surface area contributed by atoms with Crippen LogP contribution in [0, 0.1) is 29.1 Å². The van der Waals surface area contributed by atoms with Gasteiger partial charge in [-0.1, -0.05) is 108 Å². The minimum Gasteiger partial charge on any atom is -0.458 e. The molecule has 52 heavy (non-hydrogen) atoms. The molecule has 3 N–H and O–H groups in total. The number of carbonyl (C=O) groups is 3. The zero-order chi connectivity index (χ0) is 38.2. The van der Waals surface area contributed by atoms with E-state index in [-0.39, 0.29) is 19.3 Å². The molecule has 2 saturated carbocycles. The van der Waals surface area contributed by atoms with Gasteiger partial charge in [0.2, 0.25) is 0 Å². The first-order valence-electron chi connectivity index (χ1n) is 19.4. The van der Waals surface area contributed by atoms with Gasteiger partial charge in [0, 0.05) is 48.3 Å². The van der Waals surface area contributed by atoms with Gasteiger partial charge in [0.1, 0.15) is 11.7 Å². The van der Waals surface area contributed by atoms with Gasteiger partial charge < -0.3 is 24.8 Å². The maximum absolute atomic E-state index is 13.5. The monoisotopic (exact) mass is 718 g/mol. The molecule has 0 aromatic heterocycles. The molecular weight excluding hydrogens is 656 g/mol. The highest BCUT2D eigenvalue weighted by Gasteiger charge is 2.87. The van der Waals surface area contributed by atoms with Gasteiger partial charge in [0.05, 0.1) is 12.2 Å². The Morgan fingerprint density at radius 3 is 2.00 bits per heavy atom. The molecule has 0 spiro atoms. The van der Waals surface area contributed by atoms with E-state index in [1.54, 1.807) is 26.0 Å². The van der Waals surface area contributed by atoms with Crippen molar-refractivity contribution < 1.29 is 39.2 Å². The van der Waals surface area contributed by atoms with Crippen LogP contribution in [0.5, 0.6) is 0 Å². The Bertz CT molecular complexity index is 1510. The van der Waals surface area contributed by atoms with Gasteiger partial charge in [0.25, 0.3) is 0 Å². The van der Waals surface area contributed by atoms with E-state index in [9.17, 15) is 29.7 Å². The molecule has 4 rings (SSSR count). The standard InChI is InChI=1S/C44H62O8/c1-7-9-10-11-12-13-14-15-16-17-18-19-20-21-22-23-24-26-36(46)51-40-32(4)43(50)34(38-41(5,6)44(38,40)52-37(47)25-8-2)28-33(30-45)29-42(49)35(43)27-31(3)39(42)48/h9-10,12-13,15-16,18-19,21-22,27-28,32,34-35,38,40,45,49-50H,7-8,11,14,17,20,23-26,29-30H2,1-6H3/b10-9-,13-12-,16-15-,19-18-,22-21-/t32-,34+,35-,38-,40-,42-,43-,44-/m1/s1. The van der Waals surface area contributed by atoms with Gasteiger partial charge in [-0.2, -0.15) is 0 Å². The molecule has 4 aliphatic carbocycles. The number of rotatable bonds is 18. The molecule has 8 heteroatoms. The maximum Gasteiger partial charge on any atom is 0.306 e. The minimum atomic E-state index is -1.95. The molecule has 286 valence electrons. The summed E-state index contributed by atoms with van der Waals surface area (Å²) in [4.78, 5) is 40.1. The van der Waals surface area contributed by atoms with E-state index >= 15 is 0 Å². The van der Waals surface area contributed by atoms with E-state index in [0.29, 0.717) is 30.4 Å². The van der Waals surface area contributed by atoms with Gasteiger partial charge in [-0.3, -0.25) is 14.4 Å². The zero-order valence-corrected chi connectivity index (χ0v) is 32.2. The second-order valence-corrected chi connectivity index (χ2v) is 15.7. The van der Waals surface area contributed by atoms with Gasteiger partial charge in [0.15, 0.2) is 11.4 Å². The Balaban J connectivity index is 1.42. The highest BCUT2D eigenvalue weighted by molar-refractivity contribution is 6.04. The first-order chi connectivity index (χ1) is 24.8. The Kier molecular flexibility index (Phi) is 14.1. The molecule has 0 amide bonds. The van der Waals surface area contributed by atoms with Crippen molar-refractivity contribution in [2.24, 2.45) is 29.1 Å². The number of aliphatic hydroxyl groups excluding tert-OH is 1. The summed E-state index contributed by atoms with van der Waals surface area (Å²) in [6.07, 6.45) is 30.5. The molecule has 0 aromatic carbocycles. The lowest BCUT2D eigenvalue weighted by Crippen LogP contribution is -2.66. The molecule has 0 saturated heterocycles. The Morgan fingerprint density at radius 1 is 0.865 bits per heavy atom. The number of unbranched alkanes of at least 4 members (excludes halogenated alkanes) is 1. The zero-order valence-electron chi connectivity index (χ0n) is 32.2. The molecule has 0 bridgehead atoms. The maximum atomic E-state index is 13.5. The predicted molar refractivity (Wildman–Crippen MR) is 204 cm³/mol. The number of fused-ring (bicyclic) bond motifs is 5. The lowest BCUT2D eigenvalue weighted by molar-refractivity contribution is -0.229. The fourth-order valence-electron chi connectivity index (χ4n) is 9.20. The highest BCUT2D eigenvalue weighted by Crippen LogP contribution is 2.77. The van der Waals surface area contributed by atoms with Crippen molar-refractivity contribution in [3.63, 3.8) is 0 Å². The molecular formula is C44H62O8. The fourth-order valence-corrected chi connectivity index (χ4v) is 9.20. The summed E-state index contributed by atoms with van der Waals surface area (Å²) in [5.41, 5.74) is -4.85. The third-order valence-electron chi connectivity index (χ3n) is 11.9. The van der Waals surface area contributed by atoms with Crippen molar-refractivity contribution >= 4 is 17.7 Å². The van der Waals surface area contributed by atoms with E-state index in [2.05, 4.69) is 67.7 Å². The Morgan fingerprint density at radius 2 is 1.44 bits per heavy atom. The Labute approximate surface area is 311 Å². The molecule has 0 radical (unpaired) electrons. The predicted octanol–water partition coefficient (Wildman–Crippen LogP) is 7.75. The van der Waals surface area contributed by atoms with Gasteiger partial charge in [-0.15, -0.1) is 0 Å². The number of aliphatic hydroxyl groups is 3. The average Bonchev–Trinajstić information content (AvgIpc) is 3.53. The molecule has 0 aliphatic heterocycles. The van der Waals surface area contributed by atoms with E-state index < -0.39 is 76.3 Å². The van der Waals surface area contributed by atoms with Crippen LogP contribution in [0.15, 0.2) is 84.1 Å². The van der Waals surface area contributed by atoms with Crippen LogP contribution in [0.4, 0.5) is 0 Å². The van der Waals surface area contributed by atoms with Gasteiger partial charge in [-0.05, 0) is 69.4 Å². The van der Waals surface area contributed by atoms with Crippen LogP contribution >= 0.6 is 0 Å². The summed E-state index contributed by atoms with van der Waals surface area (Å²) in [5.74, 6) is -4.36. The molecule has 0 aromatic rings. The van der Waals surface area contributed by atoms with Crippen LogP contribution in [-0.2, 0) is 23.9 Å². The fraction of sp³-hybridized carbons (Fsp3) is 0.614. The summed E-state index contributed by atoms with van der Waals surface area (Å²) in [6, 6.07) is 0. The smallest absolute Gasteiger partial charge is 0.306 e. The second kappa shape index (κ2) is 17.7. The minimum absolute atomic E-state index is 0.123. The van der Waals surface area contributed by atoms with E-state index in [4.69, 9.17) is 9.47 Å². The first-order valence-corrected chi connectivity index (χ1v) is 19.4. The first kappa shape index (κ1) is 41.4. The van der Waals surface area contributed by atoms with Crippen molar-refractivity contribution in [1.82, 2.24) is 0 Å². The SMILES string of the molecule is CC/C=C\C/C=C\C/C=C\C/C=C\C/C=C\CCCC(=O)O[C@@H]1[C@@H](C)[C@@]2(O)[C@@H](C=C(CO)C[C@]3(O)C(=O)C(C)=C[C@@H]23)[C@@H]2C(C)(C)[C@]12OC(=O)CCC. The topological polar surface area (TPSA) is 130 Å². The number of hydrogen-bond acceptors (Lipinski definition) is 8. The number of hydrogen-bond donors (Lipinski definition) is 3. The van der Waals surface area contributed by atoms with Crippen molar-refractivity contribution in [3.8, 4) is 0 Å². The number of allylic oxidation sites excluding steroid dienone is 10. The van der Waals surface area contributed by atoms with Crippen LogP contribution < -0.4 is 0 Å². The van der Waals surface area contributed by atoms with E-state index in [0.717, 1.165) is 32.1 Å². The van der Waals surface area contributed by atoms with Crippen LogP contribution in [-0.4, -0.2) is 62.6 Å². The van der Waals surface area contributed by atoms with Crippen LogP contribution in [0.3, 0.4) is 0 Å². The summed E-state index contributed by atoms with van der Waals surface area (Å²) < 4.78 is 12.6. The Hall–Kier alpha value is -3.33. The van der Waals surface area contributed by atoms with Crippen molar-refractivity contribution in [2.45, 2.75) is 135 Å². The second-order valence-electron chi connectivity index (χ2n) is 15.7. The molecule has 0 unspecified atom stereocenters. The molecule has 2 fully saturated rings. The lowest BCUT2D eigenvalue weighted by Gasteiger charge is -2.53. The molecule has 4 aliphatic rings. The third kappa shape index (κ3) is 8.09. The van der Waals surface area contributed by atoms with Gasteiger partial charge >= 0.3 is 11.9 Å². The largest absolute Gasteiger partial charge is 0.458 e. The van der Waals surface area contributed by atoms with E-state index in [1.807, 2.05) is 20.8 Å². The number of esters is 2. The summed E-state index contributed by atoms with van der Waals surface area (Å²) in [5, 5.41) is 35.1. The van der Waals surface area contributed by atoms with Crippen molar-refractivity contribution in [2.75, 3.05) is 6.61 Å². The number of ketones is 1. The van der Waals surface area contributed by atoms with Crippen LogP contribution in [0.1, 0.15) is 112 Å². The molecule has 8 nitrogen and oxygen atoms in total. The summed E-state index contributed by atoms with van der Waals surface area (Å²) in [6.45, 7) is 10.9. The summed E-state index contributed by atoms with van der Waals surface area (Å²) >= 11 is 0. The lowest BCUT2D eigenvalue weighted by atomic mass is 9.59. The van der Waals surface area contributed by atoms with Crippen LogP contribution in [0.2, 0.25) is 0 Å². The average molecular weight is 719 g/mol. The third-order valence-corrected chi connectivity index (χ3v) is 11.9. The van der Waals surface area contributed by atoms with Gasteiger partial charge in [-0.25, -0.2) is 0 Å². The molecule has 8 atom stereocenters. The quantitative estimate of drug-likeness (QED) is 0.0745. The van der Waals surface area contributed by atoms with E-state index in [1.165, 1.54) is 0 Å². The number of Topliss-reactive ketones (excluding diaryl/α,β-unsaturated/α-hetero) is 1. The summed E-state index contributed by atoms with van der Waals surface area (Å²) in [7, 11) is 0. The van der Waals surface area contributed by atoms with Crippen LogP contribution in [0.25, 0.3) is 0 Å². The number of carbonyl (C=O) groups excluding carboxylic acids is 3. The normalized spacial score (nSPS) is 33.7. The highest BCUT2D eigenvalue weighted by atomic mass is 16.6. The number of ether oxygens (including phenoxy) is 2. The van der Waals surface area contributed by atoms with Crippen molar-refractivity contribution in [1.29, 1.82) is 0 Å². The molecule has 0 heterocycles. The van der Waals surface area contributed by atoms with Crippen molar-refractivity contribution in [3.05, 3.63) is 84.1 Å².